The highest BCUT2D eigenvalue weighted by atomic mass is 79.9. The van der Waals surface area contributed by atoms with Crippen molar-refractivity contribution in [2.24, 2.45) is 10.5 Å². The summed E-state index contributed by atoms with van der Waals surface area (Å²) in [6.45, 7) is 6.05. The van der Waals surface area contributed by atoms with Crippen LogP contribution in [0.1, 0.15) is 31.1 Å². The van der Waals surface area contributed by atoms with E-state index in [0.29, 0.717) is 5.56 Å². The van der Waals surface area contributed by atoms with Gasteiger partial charge >= 0.3 is 0 Å². The Hall–Kier alpha value is -1.16. The minimum Gasteiger partial charge on any atom is -0.267 e. The highest BCUT2D eigenvalue weighted by molar-refractivity contribution is 9.10. The number of halogens is 1. The maximum Gasteiger partial charge on any atom is 0.271 e. The standard InChI is InChI=1S/C12H15BrN2O/c1-12(2,3)8-14-15-11(16)9-4-6-10(13)7-5-9/h4-8H,1-3H3,(H,15,16)/b14-8+. The van der Waals surface area contributed by atoms with Gasteiger partial charge in [0.1, 0.15) is 0 Å². The molecule has 1 rings (SSSR count). The van der Waals surface area contributed by atoms with Crippen LogP contribution in [0.4, 0.5) is 0 Å². The topological polar surface area (TPSA) is 41.5 Å². The molecule has 16 heavy (non-hydrogen) atoms. The lowest BCUT2D eigenvalue weighted by Gasteiger charge is -2.09. The van der Waals surface area contributed by atoms with Gasteiger partial charge in [-0.3, -0.25) is 4.79 Å². The Morgan fingerprint density at radius 1 is 1.31 bits per heavy atom. The Kier molecular flexibility index (Phi) is 4.24. The number of hydrazone groups is 1. The van der Waals surface area contributed by atoms with E-state index in [1.54, 1.807) is 18.3 Å². The van der Waals surface area contributed by atoms with Crippen LogP contribution in [0.15, 0.2) is 33.8 Å². The van der Waals surface area contributed by atoms with Crippen LogP contribution >= 0.6 is 15.9 Å². The van der Waals surface area contributed by atoms with Gasteiger partial charge in [-0.25, -0.2) is 5.43 Å². The second-order valence-corrected chi connectivity index (χ2v) is 5.49. The molecule has 0 aromatic heterocycles. The van der Waals surface area contributed by atoms with Gasteiger partial charge in [-0.2, -0.15) is 5.10 Å². The minimum atomic E-state index is -0.201. The first-order valence-corrected chi connectivity index (χ1v) is 5.78. The molecule has 0 aliphatic heterocycles. The van der Waals surface area contributed by atoms with Crippen molar-refractivity contribution < 1.29 is 4.79 Å². The lowest BCUT2D eigenvalue weighted by molar-refractivity contribution is 0.0955. The second kappa shape index (κ2) is 5.25. The highest BCUT2D eigenvalue weighted by Crippen LogP contribution is 2.10. The molecule has 0 unspecified atom stereocenters. The van der Waals surface area contributed by atoms with E-state index in [2.05, 4.69) is 26.5 Å². The predicted molar refractivity (Wildman–Crippen MR) is 69.6 cm³/mol. The molecule has 4 heteroatoms. The number of carbonyl (C=O) groups excluding carboxylic acids is 1. The maximum absolute atomic E-state index is 11.6. The van der Waals surface area contributed by atoms with Crippen LogP contribution in [0.25, 0.3) is 0 Å². The summed E-state index contributed by atoms with van der Waals surface area (Å²) >= 11 is 3.31. The first-order chi connectivity index (χ1) is 7.38. The molecule has 0 saturated carbocycles. The summed E-state index contributed by atoms with van der Waals surface area (Å²) in [5.41, 5.74) is 3.05. The van der Waals surface area contributed by atoms with E-state index >= 15 is 0 Å². The number of amides is 1. The average Bonchev–Trinajstić information content (AvgIpc) is 2.16. The van der Waals surface area contributed by atoms with E-state index in [1.165, 1.54) is 0 Å². The Labute approximate surface area is 104 Å². The SMILES string of the molecule is CC(C)(C)/C=N/NC(=O)c1ccc(Br)cc1. The third-order valence-corrected chi connectivity index (χ3v) is 2.25. The fourth-order valence-electron chi connectivity index (χ4n) is 0.950. The van der Waals surface area contributed by atoms with Crippen molar-refractivity contribution >= 4 is 28.1 Å². The summed E-state index contributed by atoms with van der Waals surface area (Å²) in [5, 5.41) is 3.91. The zero-order valence-electron chi connectivity index (χ0n) is 9.62. The van der Waals surface area contributed by atoms with Crippen LogP contribution in [-0.2, 0) is 0 Å². The third kappa shape index (κ3) is 4.57. The molecular weight excluding hydrogens is 268 g/mol. The molecule has 1 N–H and O–H groups in total. The third-order valence-electron chi connectivity index (χ3n) is 1.72. The summed E-state index contributed by atoms with van der Waals surface area (Å²) in [4.78, 5) is 11.6. The van der Waals surface area contributed by atoms with Crippen LogP contribution in [0, 0.1) is 5.41 Å². The molecule has 0 atom stereocenters. The average molecular weight is 283 g/mol. The molecule has 0 fully saturated rings. The first-order valence-electron chi connectivity index (χ1n) is 4.98. The summed E-state index contributed by atoms with van der Waals surface area (Å²) in [6, 6.07) is 7.13. The van der Waals surface area contributed by atoms with Gasteiger partial charge < -0.3 is 0 Å². The molecule has 1 amide bonds. The number of hydrogen-bond donors (Lipinski definition) is 1. The monoisotopic (exact) mass is 282 g/mol. The normalized spacial score (nSPS) is 11.8. The number of rotatable bonds is 2. The Bertz CT molecular complexity index is 390. The van der Waals surface area contributed by atoms with E-state index in [1.807, 2.05) is 32.9 Å². The van der Waals surface area contributed by atoms with Gasteiger partial charge in [0.05, 0.1) is 0 Å². The quantitative estimate of drug-likeness (QED) is 0.657. The lowest BCUT2D eigenvalue weighted by Crippen LogP contribution is -2.19. The van der Waals surface area contributed by atoms with E-state index in [0.717, 1.165) is 4.47 Å². The van der Waals surface area contributed by atoms with Crippen molar-refractivity contribution in [3.63, 3.8) is 0 Å². The first kappa shape index (κ1) is 12.9. The smallest absolute Gasteiger partial charge is 0.267 e. The van der Waals surface area contributed by atoms with Crippen molar-refractivity contribution in [3.8, 4) is 0 Å². The Morgan fingerprint density at radius 3 is 2.38 bits per heavy atom. The summed E-state index contributed by atoms with van der Waals surface area (Å²) < 4.78 is 0.947. The van der Waals surface area contributed by atoms with Crippen LogP contribution in [0.2, 0.25) is 0 Å². The van der Waals surface area contributed by atoms with Crippen LogP contribution < -0.4 is 5.43 Å². The number of benzene rings is 1. The fourth-order valence-corrected chi connectivity index (χ4v) is 1.21. The summed E-state index contributed by atoms with van der Waals surface area (Å²) in [6.07, 6.45) is 1.71. The van der Waals surface area contributed by atoms with E-state index in [-0.39, 0.29) is 11.3 Å². The van der Waals surface area contributed by atoms with E-state index in [4.69, 9.17) is 0 Å². The van der Waals surface area contributed by atoms with Crippen molar-refractivity contribution in [2.75, 3.05) is 0 Å². The van der Waals surface area contributed by atoms with Crippen LogP contribution in [0.5, 0.6) is 0 Å². The zero-order valence-corrected chi connectivity index (χ0v) is 11.2. The van der Waals surface area contributed by atoms with Gasteiger partial charge in [0.2, 0.25) is 0 Å². The molecule has 3 nitrogen and oxygen atoms in total. The molecule has 0 aliphatic carbocycles. The molecule has 0 heterocycles. The molecule has 1 aromatic carbocycles. The van der Waals surface area contributed by atoms with Gasteiger partial charge in [0.25, 0.3) is 5.91 Å². The van der Waals surface area contributed by atoms with Gasteiger partial charge in [-0.05, 0) is 29.7 Å². The molecule has 86 valence electrons. The van der Waals surface area contributed by atoms with E-state index in [9.17, 15) is 4.79 Å². The number of carbonyl (C=O) groups is 1. The Balaban J connectivity index is 2.60. The molecule has 0 saturated heterocycles. The van der Waals surface area contributed by atoms with Gasteiger partial charge in [0.15, 0.2) is 0 Å². The Morgan fingerprint density at radius 2 is 1.88 bits per heavy atom. The number of hydrogen-bond acceptors (Lipinski definition) is 2. The predicted octanol–water partition coefficient (Wildman–Crippen LogP) is 3.21. The molecular formula is C12H15BrN2O. The molecule has 0 radical (unpaired) electrons. The van der Waals surface area contributed by atoms with Crippen LogP contribution in [0.3, 0.4) is 0 Å². The summed E-state index contributed by atoms with van der Waals surface area (Å²) in [7, 11) is 0. The van der Waals surface area contributed by atoms with Gasteiger partial charge in [-0.15, -0.1) is 0 Å². The maximum atomic E-state index is 11.6. The highest BCUT2D eigenvalue weighted by Gasteiger charge is 2.06. The molecule has 0 aliphatic rings. The fraction of sp³-hybridized carbons (Fsp3) is 0.333. The zero-order chi connectivity index (χ0) is 12.2. The van der Waals surface area contributed by atoms with Crippen LogP contribution in [-0.4, -0.2) is 12.1 Å². The van der Waals surface area contributed by atoms with Crippen molar-refractivity contribution in [3.05, 3.63) is 34.3 Å². The van der Waals surface area contributed by atoms with Crippen molar-refractivity contribution in [2.45, 2.75) is 20.8 Å². The van der Waals surface area contributed by atoms with Gasteiger partial charge in [-0.1, -0.05) is 36.7 Å². The number of nitrogens with one attached hydrogen (secondary N) is 1. The van der Waals surface area contributed by atoms with Gasteiger partial charge in [0, 0.05) is 16.3 Å². The largest absolute Gasteiger partial charge is 0.271 e. The van der Waals surface area contributed by atoms with Crippen molar-refractivity contribution in [1.29, 1.82) is 0 Å². The molecule has 0 bridgehead atoms. The van der Waals surface area contributed by atoms with E-state index < -0.39 is 0 Å². The molecule has 0 spiro atoms. The summed E-state index contributed by atoms with van der Waals surface area (Å²) in [5.74, 6) is -0.201. The molecule has 1 aromatic rings. The second-order valence-electron chi connectivity index (χ2n) is 4.57. The number of nitrogens with zero attached hydrogens (tertiary/aromatic N) is 1. The van der Waals surface area contributed by atoms with Crippen molar-refractivity contribution in [1.82, 2.24) is 5.43 Å². The minimum absolute atomic E-state index is 0.0347. The lowest BCUT2D eigenvalue weighted by atomic mass is 9.99.